The van der Waals surface area contributed by atoms with Gasteiger partial charge in [-0.3, -0.25) is 0 Å². The molecule has 0 aliphatic rings. The first-order valence-corrected chi connectivity index (χ1v) is 6.38. The zero-order chi connectivity index (χ0) is 11.1. The molecule has 0 N–H and O–H groups in total. The van der Waals surface area contributed by atoms with Crippen molar-refractivity contribution in [2.24, 2.45) is 0 Å². The molecule has 80 valence electrons. The van der Waals surface area contributed by atoms with Gasteiger partial charge in [-0.15, -0.1) is 32.9 Å². The quantitative estimate of drug-likeness (QED) is 0.662. The van der Waals surface area contributed by atoms with Crippen LogP contribution in [-0.2, 0) is 0 Å². The molecule has 0 saturated heterocycles. The summed E-state index contributed by atoms with van der Waals surface area (Å²) in [4.78, 5) is 2.74. The second-order valence-electron chi connectivity index (χ2n) is 2.77. The Morgan fingerprint density at radius 3 is 1.56 bits per heavy atom. The Labute approximate surface area is 101 Å². The van der Waals surface area contributed by atoms with Crippen molar-refractivity contribution in [2.75, 3.05) is 0 Å². The van der Waals surface area contributed by atoms with E-state index in [1.807, 2.05) is 0 Å². The number of aromatic nitrogens is 3. The fraction of sp³-hybridized carbons (Fsp3) is 0. The van der Waals surface area contributed by atoms with E-state index in [-0.39, 0.29) is 0 Å². The molecule has 3 aromatic heterocycles. The Kier molecular flexibility index (Phi) is 4.16. The second kappa shape index (κ2) is 6.09. The van der Waals surface area contributed by atoms with Crippen LogP contribution in [0.3, 0.4) is 0 Å². The first kappa shape index (κ1) is 10.9. The van der Waals surface area contributed by atoms with Gasteiger partial charge in [-0.25, -0.2) is 0 Å². The highest BCUT2D eigenvalue weighted by Gasteiger charge is 1.96. The second-order valence-corrected chi connectivity index (χ2v) is 4.66. The van der Waals surface area contributed by atoms with Crippen LogP contribution in [0.4, 0.5) is 0 Å². The molecular formula is C11H9N3S2. The van der Waals surface area contributed by atoms with E-state index >= 15 is 0 Å². The molecule has 0 saturated carbocycles. The van der Waals surface area contributed by atoms with Crippen LogP contribution < -0.4 is 0 Å². The highest BCUT2D eigenvalue weighted by atomic mass is 32.1. The van der Waals surface area contributed by atoms with Crippen molar-refractivity contribution in [3.8, 4) is 9.75 Å². The third-order valence-corrected chi connectivity index (χ3v) is 3.63. The molecule has 0 bridgehead atoms. The lowest BCUT2D eigenvalue weighted by Gasteiger charge is -1.84. The third kappa shape index (κ3) is 3.22. The molecular weight excluding hydrogens is 238 g/mol. The summed E-state index contributed by atoms with van der Waals surface area (Å²) in [6, 6.07) is 10.2. The molecule has 0 spiro atoms. The predicted molar refractivity (Wildman–Crippen MR) is 67.5 cm³/mol. The molecule has 3 aromatic rings. The summed E-state index contributed by atoms with van der Waals surface area (Å²) < 4.78 is 0. The van der Waals surface area contributed by atoms with Gasteiger partial charge in [-0.1, -0.05) is 12.1 Å². The van der Waals surface area contributed by atoms with E-state index in [4.69, 9.17) is 0 Å². The summed E-state index contributed by atoms with van der Waals surface area (Å²) in [5, 5.41) is 14.3. The molecule has 3 heterocycles. The van der Waals surface area contributed by atoms with Gasteiger partial charge >= 0.3 is 0 Å². The van der Waals surface area contributed by atoms with Gasteiger partial charge in [0.1, 0.15) is 0 Å². The Balaban J connectivity index is 0.000000138. The minimum Gasteiger partial charge on any atom is -0.143 e. The Morgan fingerprint density at radius 2 is 1.31 bits per heavy atom. The molecule has 0 fully saturated rings. The van der Waals surface area contributed by atoms with Crippen LogP contribution in [0.5, 0.6) is 0 Å². The Morgan fingerprint density at radius 1 is 0.750 bits per heavy atom. The summed E-state index contributed by atoms with van der Waals surface area (Å²) >= 11 is 3.58. The number of nitrogens with zero attached hydrogens (tertiary/aromatic N) is 3. The Bertz CT molecular complexity index is 418. The summed E-state index contributed by atoms with van der Waals surface area (Å²) in [6.07, 6.45) is 3.15. The van der Waals surface area contributed by atoms with Gasteiger partial charge in [0.25, 0.3) is 0 Å². The number of hydrogen-bond donors (Lipinski definition) is 0. The minimum absolute atomic E-state index is 1.37. The molecule has 0 unspecified atom stereocenters. The molecule has 16 heavy (non-hydrogen) atoms. The average Bonchev–Trinajstić information content (AvgIpc) is 3.05. The number of hydrogen-bond acceptors (Lipinski definition) is 5. The van der Waals surface area contributed by atoms with Gasteiger partial charge in [0, 0.05) is 9.75 Å². The van der Waals surface area contributed by atoms with Crippen LogP contribution in [0.25, 0.3) is 9.75 Å². The van der Waals surface area contributed by atoms with Gasteiger partial charge < -0.3 is 0 Å². The maximum atomic E-state index is 3.42. The molecule has 5 heteroatoms. The largest absolute Gasteiger partial charge is 0.143 e. The highest BCUT2D eigenvalue weighted by Crippen LogP contribution is 2.28. The summed E-state index contributed by atoms with van der Waals surface area (Å²) in [5.74, 6) is 0. The van der Waals surface area contributed by atoms with Gasteiger partial charge in [0.15, 0.2) is 0 Å². The van der Waals surface area contributed by atoms with Crippen molar-refractivity contribution in [3.05, 3.63) is 53.5 Å². The molecule has 0 atom stereocenters. The van der Waals surface area contributed by atoms with Gasteiger partial charge in [-0.05, 0) is 34.2 Å². The standard InChI is InChI=1S/C8H6S2.C3H3N3/c1-3-7(9-5-1)8-4-2-6-10-8;1-2-4-6-5-3-1/h1-6H;1-3H. The lowest BCUT2D eigenvalue weighted by atomic mass is 10.4. The maximum Gasteiger partial charge on any atom is 0.0529 e. The van der Waals surface area contributed by atoms with Crippen molar-refractivity contribution < 1.29 is 0 Å². The lowest BCUT2D eigenvalue weighted by Crippen LogP contribution is -1.78. The first-order valence-electron chi connectivity index (χ1n) is 4.62. The van der Waals surface area contributed by atoms with Crippen molar-refractivity contribution in [1.82, 2.24) is 15.4 Å². The molecule has 0 aliphatic carbocycles. The van der Waals surface area contributed by atoms with E-state index in [9.17, 15) is 0 Å². The van der Waals surface area contributed by atoms with E-state index in [1.54, 1.807) is 41.1 Å². The molecule has 0 amide bonds. The predicted octanol–water partition coefficient (Wildman–Crippen LogP) is 3.35. The van der Waals surface area contributed by atoms with E-state index in [0.717, 1.165) is 0 Å². The van der Waals surface area contributed by atoms with E-state index < -0.39 is 0 Å². The maximum absolute atomic E-state index is 3.42. The molecule has 0 aromatic carbocycles. The van der Waals surface area contributed by atoms with Crippen molar-refractivity contribution in [3.63, 3.8) is 0 Å². The van der Waals surface area contributed by atoms with Crippen LogP contribution in [0.1, 0.15) is 0 Å². The first-order chi connectivity index (χ1) is 7.97. The monoisotopic (exact) mass is 247 g/mol. The highest BCUT2D eigenvalue weighted by molar-refractivity contribution is 7.20. The van der Waals surface area contributed by atoms with Crippen LogP contribution >= 0.6 is 22.7 Å². The number of thiophene rings is 2. The summed E-state index contributed by atoms with van der Waals surface area (Å²) in [5.41, 5.74) is 0. The molecule has 3 nitrogen and oxygen atoms in total. The molecule has 3 rings (SSSR count). The average molecular weight is 247 g/mol. The lowest BCUT2D eigenvalue weighted by molar-refractivity contribution is 0.865. The fourth-order valence-electron chi connectivity index (χ4n) is 1.04. The third-order valence-electron chi connectivity index (χ3n) is 1.69. The van der Waals surface area contributed by atoms with Crippen molar-refractivity contribution >= 4 is 22.7 Å². The zero-order valence-electron chi connectivity index (χ0n) is 8.35. The van der Waals surface area contributed by atoms with E-state index in [2.05, 4.69) is 50.4 Å². The summed E-state index contributed by atoms with van der Waals surface area (Å²) in [6.45, 7) is 0. The van der Waals surface area contributed by atoms with Crippen molar-refractivity contribution in [1.29, 1.82) is 0 Å². The van der Waals surface area contributed by atoms with Crippen LogP contribution in [0.15, 0.2) is 53.5 Å². The van der Waals surface area contributed by atoms with Gasteiger partial charge in [-0.2, -0.15) is 0 Å². The minimum atomic E-state index is 1.37. The van der Waals surface area contributed by atoms with Crippen molar-refractivity contribution in [2.45, 2.75) is 0 Å². The molecule has 0 aliphatic heterocycles. The number of rotatable bonds is 1. The normalized spacial score (nSPS) is 9.25. The van der Waals surface area contributed by atoms with Crippen LogP contribution in [-0.4, -0.2) is 15.4 Å². The molecule has 0 radical (unpaired) electrons. The van der Waals surface area contributed by atoms with Gasteiger partial charge in [0.05, 0.1) is 12.4 Å². The Hall–Kier alpha value is -1.59. The van der Waals surface area contributed by atoms with Crippen LogP contribution in [0.2, 0.25) is 0 Å². The fourth-order valence-corrected chi connectivity index (χ4v) is 2.62. The summed E-state index contributed by atoms with van der Waals surface area (Å²) in [7, 11) is 0. The SMILES string of the molecule is c1cnnnc1.c1csc(-c2cccs2)c1. The smallest absolute Gasteiger partial charge is 0.0529 e. The van der Waals surface area contributed by atoms with Gasteiger partial charge in [0.2, 0.25) is 0 Å². The topological polar surface area (TPSA) is 38.7 Å². The van der Waals surface area contributed by atoms with E-state index in [1.165, 1.54) is 9.75 Å². The van der Waals surface area contributed by atoms with Crippen LogP contribution in [0, 0.1) is 0 Å². The zero-order valence-corrected chi connectivity index (χ0v) is 9.99. The van der Waals surface area contributed by atoms with E-state index in [0.29, 0.717) is 0 Å².